The average Bonchev–Trinajstić information content (AvgIpc) is 3.34. The lowest BCUT2D eigenvalue weighted by molar-refractivity contribution is -0.122. The smallest absolute Gasteiger partial charge is 0.222 e. The van der Waals surface area contributed by atoms with E-state index in [9.17, 15) is 4.79 Å². The summed E-state index contributed by atoms with van der Waals surface area (Å²) in [4.78, 5) is 14.7. The van der Waals surface area contributed by atoms with Crippen LogP contribution in [0.3, 0.4) is 0 Å². The zero-order valence-corrected chi connectivity index (χ0v) is 18.1. The highest BCUT2D eigenvalue weighted by atomic mass is 35.5. The third-order valence-corrected chi connectivity index (χ3v) is 5.74. The van der Waals surface area contributed by atoms with Gasteiger partial charge in [-0.25, -0.2) is 0 Å². The Labute approximate surface area is 181 Å². The van der Waals surface area contributed by atoms with Crippen LogP contribution in [0.25, 0.3) is 11.3 Å². The first-order chi connectivity index (χ1) is 14.5. The number of aromatic amines is 1. The van der Waals surface area contributed by atoms with E-state index in [0.717, 1.165) is 54.4 Å². The van der Waals surface area contributed by atoms with Gasteiger partial charge in [0.05, 0.1) is 11.4 Å². The van der Waals surface area contributed by atoms with Crippen LogP contribution in [-0.4, -0.2) is 45.0 Å². The molecule has 8 heteroatoms. The van der Waals surface area contributed by atoms with Gasteiger partial charge in [0.15, 0.2) is 5.82 Å². The van der Waals surface area contributed by atoms with Crippen molar-refractivity contribution in [2.45, 2.75) is 45.7 Å². The molecule has 2 N–H and O–H groups in total. The number of piperidine rings is 1. The number of carbonyl (C=O) groups is 1. The molecule has 2 aromatic heterocycles. The van der Waals surface area contributed by atoms with Gasteiger partial charge in [-0.15, -0.1) is 0 Å². The summed E-state index contributed by atoms with van der Waals surface area (Å²) >= 11 is 5.98. The maximum Gasteiger partial charge on any atom is 0.222 e. The SMILES string of the molecule is Cc1cc(C)n(CCC(=O)NC2CCCN(c3cc(-c4ccc(Cl)cc4)[nH]n3)C2)n1. The highest BCUT2D eigenvalue weighted by Gasteiger charge is 2.23. The van der Waals surface area contributed by atoms with Crippen LogP contribution in [0, 0.1) is 13.8 Å². The third kappa shape index (κ3) is 4.84. The average molecular weight is 427 g/mol. The zero-order chi connectivity index (χ0) is 21.1. The van der Waals surface area contributed by atoms with Crippen LogP contribution in [0.4, 0.5) is 5.82 Å². The van der Waals surface area contributed by atoms with Gasteiger partial charge in [0, 0.05) is 48.9 Å². The lowest BCUT2D eigenvalue weighted by Crippen LogP contribution is -2.48. The molecule has 0 bridgehead atoms. The Morgan fingerprint density at radius 3 is 2.80 bits per heavy atom. The molecule has 0 aliphatic carbocycles. The van der Waals surface area contributed by atoms with Crippen molar-refractivity contribution in [3.05, 3.63) is 52.8 Å². The molecule has 1 aliphatic rings. The first kappa shape index (κ1) is 20.5. The molecule has 0 radical (unpaired) electrons. The molecule has 1 fully saturated rings. The molecule has 1 aromatic carbocycles. The monoisotopic (exact) mass is 426 g/mol. The predicted molar refractivity (Wildman–Crippen MR) is 119 cm³/mol. The molecule has 1 saturated heterocycles. The van der Waals surface area contributed by atoms with Gasteiger partial charge < -0.3 is 10.2 Å². The molecule has 3 heterocycles. The molecule has 30 heavy (non-hydrogen) atoms. The number of aromatic nitrogens is 4. The normalized spacial score (nSPS) is 16.6. The second-order valence-corrected chi connectivity index (χ2v) is 8.34. The number of nitrogens with one attached hydrogen (secondary N) is 2. The van der Waals surface area contributed by atoms with E-state index in [1.54, 1.807) is 0 Å². The molecule has 3 aromatic rings. The second-order valence-electron chi connectivity index (χ2n) is 7.90. The number of H-pyrrole nitrogens is 1. The van der Waals surface area contributed by atoms with E-state index in [0.29, 0.717) is 18.0 Å². The summed E-state index contributed by atoms with van der Waals surface area (Å²) in [6, 6.07) is 11.9. The summed E-state index contributed by atoms with van der Waals surface area (Å²) in [5.74, 6) is 0.972. The molecule has 1 amide bonds. The summed E-state index contributed by atoms with van der Waals surface area (Å²) in [5.41, 5.74) is 4.06. The zero-order valence-electron chi connectivity index (χ0n) is 17.4. The number of rotatable bonds is 6. The number of anilines is 1. The minimum Gasteiger partial charge on any atom is -0.353 e. The van der Waals surface area contributed by atoms with E-state index in [4.69, 9.17) is 11.6 Å². The molecular weight excluding hydrogens is 400 g/mol. The van der Waals surface area contributed by atoms with Crippen LogP contribution in [0.1, 0.15) is 30.7 Å². The minimum atomic E-state index is 0.0679. The Morgan fingerprint density at radius 1 is 1.27 bits per heavy atom. The van der Waals surface area contributed by atoms with Crippen LogP contribution in [0.5, 0.6) is 0 Å². The highest BCUT2D eigenvalue weighted by molar-refractivity contribution is 6.30. The molecular formula is C22H27ClN6O. The van der Waals surface area contributed by atoms with Gasteiger partial charge in [0.1, 0.15) is 0 Å². The number of amides is 1. The Morgan fingerprint density at radius 2 is 2.07 bits per heavy atom. The van der Waals surface area contributed by atoms with Crippen LogP contribution in [0.2, 0.25) is 5.02 Å². The van der Waals surface area contributed by atoms with Gasteiger partial charge in [-0.05, 0) is 50.5 Å². The van der Waals surface area contributed by atoms with Crippen LogP contribution in [0.15, 0.2) is 36.4 Å². The Hall–Kier alpha value is -2.80. The molecule has 0 saturated carbocycles. The van der Waals surface area contributed by atoms with Crippen molar-refractivity contribution >= 4 is 23.3 Å². The van der Waals surface area contributed by atoms with Gasteiger partial charge in [0.25, 0.3) is 0 Å². The highest BCUT2D eigenvalue weighted by Crippen LogP contribution is 2.25. The quantitative estimate of drug-likeness (QED) is 0.629. The summed E-state index contributed by atoms with van der Waals surface area (Å²) in [5, 5.41) is 15.9. The minimum absolute atomic E-state index is 0.0679. The topological polar surface area (TPSA) is 78.8 Å². The van der Waals surface area contributed by atoms with E-state index in [1.807, 2.05) is 48.9 Å². The van der Waals surface area contributed by atoms with Crippen molar-refractivity contribution in [1.82, 2.24) is 25.3 Å². The summed E-state index contributed by atoms with van der Waals surface area (Å²) < 4.78 is 1.89. The molecule has 7 nitrogen and oxygen atoms in total. The molecule has 1 aliphatic heterocycles. The number of aryl methyl sites for hydroxylation is 3. The van der Waals surface area contributed by atoms with Crippen molar-refractivity contribution in [1.29, 1.82) is 0 Å². The summed E-state index contributed by atoms with van der Waals surface area (Å²) in [7, 11) is 0. The van der Waals surface area contributed by atoms with Gasteiger partial charge in [0.2, 0.25) is 5.91 Å². The maximum absolute atomic E-state index is 12.5. The Bertz CT molecular complexity index is 1010. The third-order valence-electron chi connectivity index (χ3n) is 5.48. The summed E-state index contributed by atoms with van der Waals surface area (Å²) in [6.45, 7) is 6.28. The fraction of sp³-hybridized carbons (Fsp3) is 0.409. The van der Waals surface area contributed by atoms with Crippen LogP contribution in [-0.2, 0) is 11.3 Å². The fourth-order valence-electron chi connectivity index (χ4n) is 3.96. The molecule has 4 rings (SSSR count). The van der Waals surface area contributed by atoms with Crippen molar-refractivity contribution in [2.75, 3.05) is 18.0 Å². The standard InChI is InChI=1S/C22H27ClN6O/c1-15-12-16(2)29(27-15)11-9-22(30)24-19-4-3-10-28(14-19)21-13-20(25-26-21)17-5-7-18(23)8-6-17/h5-8,12-13,19H,3-4,9-11,14H2,1-2H3,(H,24,30)(H,25,26). The fourth-order valence-corrected chi connectivity index (χ4v) is 4.09. The van der Waals surface area contributed by atoms with E-state index < -0.39 is 0 Å². The second kappa shape index (κ2) is 8.92. The molecule has 0 spiro atoms. The van der Waals surface area contributed by atoms with E-state index in [2.05, 4.69) is 31.6 Å². The largest absolute Gasteiger partial charge is 0.353 e. The number of benzene rings is 1. The van der Waals surface area contributed by atoms with E-state index in [-0.39, 0.29) is 11.9 Å². The number of nitrogens with zero attached hydrogens (tertiary/aromatic N) is 4. The van der Waals surface area contributed by atoms with E-state index in [1.165, 1.54) is 0 Å². The van der Waals surface area contributed by atoms with Gasteiger partial charge in [-0.1, -0.05) is 23.7 Å². The first-order valence-corrected chi connectivity index (χ1v) is 10.7. The lowest BCUT2D eigenvalue weighted by atomic mass is 10.1. The van der Waals surface area contributed by atoms with Gasteiger partial charge >= 0.3 is 0 Å². The van der Waals surface area contributed by atoms with Crippen molar-refractivity contribution in [3.63, 3.8) is 0 Å². The van der Waals surface area contributed by atoms with Crippen LogP contribution < -0.4 is 10.2 Å². The number of halogens is 1. The Kier molecular flexibility index (Phi) is 6.08. The first-order valence-electron chi connectivity index (χ1n) is 10.3. The Balaban J connectivity index is 1.32. The molecule has 158 valence electrons. The van der Waals surface area contributed by atoms with Gasteiger partial charge in [-0.2, -0.15) is 10.2 Å². The van der Waals surface area contributed by atoms with Gasteiger partial charge in [-0.3, -0.25) is 14.6 Å². The van der Waals surface area contributed by atoms with Crippen molar-refractivity contribution in [2.24, 2.45) is 0 Å². The lowest BCUT2D eigenvalue weighted by Gasteiger charge is -2.33. The number of carbonyl (C=O) groups excluding carboxylic acids is 1. The van der Waals surface area contributed by atoms with Crippen molar-refractivity contribution in [3.8, 4) is 11.3 Å². The van der Waals surface area contributed by atoms with E-state index >= 15 is 0 Å². The van der Waals surface area contributed by atoms with Crippen molar-refractivity contribution < 1.29 is 4.79 Å². The maximum atomic E-state index is 12.5. The predicted octanol–water partition coefficient (Wildman–Crippen LogP) is 3.72. The van der Waals surface area contributed by atoms with Crippen LogP contribution >= 0.6 is 11.6 Å². The number of hydrogen-bond donors (Lipinski definition) is 2. The molecule has 1 atom stereocenters. The number of hydrogen-bond acceptors (Lipinski definition) is 4. The molecule has 1 unspecified atom stereocenters. The summed E-state index contributed by atoms with van der Waals surface area (Å²) in [6.07, 6.45) is 2.43.